The van der Waals surface area contributed by atoms with Gasteiger partial charge in [0.1, 0.15) is 56.3 Å². The normalized spacial score (nSPS) is 25.6. The molecule has 0 bridgehead atoms. The number of ether oxygens (including phenoxy) is 6. The lowest BCUT2D eigenvalue weighted by molar-refractivity contribution is -0.152. The van der Waals surface area contributed by atoms with Crippen molar-refractivity contribution in [3.8, 4) is 0 Å². The zero-order chi connectivity index (χ0) is 59.1. The number of thiocarbonyl (C=S) groups is 4. The van der Waals surface area contributed by atoms with Gasteiger partial charge in [-0.15, -0.1) is 0 Å². The van der Waals surface area contributed by atoms with Crippen LogP contribution < -0.4 is 9.80 Å². The molecule has 3 fully saturated rings. The highest BCUT2D eigenvalue weighted by molar-refractivity contribution is 7.81. The van der Waals surface area contributed by atoms with Crippen molar-refractivity contribution in [3.05, 3.63) is 59.7 Å². The van der Waals surface area contributed by atoms with Gasteiger partial charge in [0.05, 0.1) is 26.4 Å². The van der Waals surface area contributed by atoms with Crippen LogP contribution >= 0.6 is 48.9 Å². The van der Waals surface area contributed by atoms with Crippen LogP contribution in [0.1, 0.15) is 106 Å². The van der Waals surface area contributed by atoms with E-state index in [0.29, 0.717) is 52.1 Å². The molecule has 16 nitrogen and oxygen atoms in total. The lowest BCUT2D eigenvalue weighted by Gasteiger charge is -2.38. The molecule has 444 valence electrons. The molecule has 3 aliphatic heterocycles. The van der Waals surface area contributed by atoms with Crippen molar-refractivity contribution in [2.75, 3.05) is 90.6 Å². The van der Waals surface area contributed by atoms with E-state index in [1.54, 1.807) is 61.6 Å². The molecule has 5 rings (SSSR count). The van der Waals surface area contributed by atoms with Gasteiger partial charge in [-0.2, -0.15) is 0 Å². The van der Waals surface area contributed by atoms with Gasteiger partial charge >= 0.3 is 23.9 Å². The summed E-state index contributed by atoms with van der Waals surface area (Å²) in [5.41, 5.74) is 3.81. The molecule has 0 aromatic heterocycles. The SMILES string of the molecule is CC(C)C[C@@H]1C(=O)O[C@@H](Cc2ccc(N3CCOCC3)cc2)C(=S)N(C)[C@H](CC(C)C)C(=O)O[C@@H](C)C(=S)N(C)[C@H](CC(C)C)C(=O)O[C@@H](Cc2ccc(N3CCOCC3)cc2)C(=S)N(C)[C@H](CC(C)C)C(=O)O[C@@H](C)C(=S)N1C. The first-order valence-corrected chi connectivity index (χ1v) is 30.1. The Morgan fingerprint density at radius 3 is 0.925 bits per heavy atom. The molecular formula is C60H90N6O10S4. The lowest BCUT2D eigenvalue weighted by Crippen LogP contribution is -2.54. The molecule has 0 radical (unpaired) electrons. The van der Waals surface area contributed by atoms with Crippen LogP contribution in [0.4, 0.5) is 11.4 Å². The zero-order valence-corrected chi connectivity index (χ0v) is 53.1. The predicted octanol–water partition coefficient (Wildman–Crippen LogP) is 8.54. The molecule has 3 aliphatic rings. The average molecular weight is 1180 g/mol. The van der Waals surface area contributed by atoms with Gasteiger partial charge in [0.2, 0.25) is 0 Å². The molecular weight excluding hydrogens is 1090 g/mol. The maximum absolute atomic E-state index is 14.9. The van der Waals surface area contributed by atoms with E-state index in [1.165, 1.54) is 0 Å². The number of carbonyl (C=O) groups is 4. The van der Waals surface area contributed by atoms with E-state index in [1.807, 2.05) is 104 Å². The Labute approximate surface area is 498 Å². The molecule has 0 amide bonds. The van der Waals surface area contributed by atoms with Crippen LogP contribution in [0.5, 0.6) is 0 Å². The number of benzene rings is 2. The van der Waals surface area contributed by atoms with E-state index >= 15 is 0 Å². The molecule has 0 unspecified atom stereocenters. The largest absolute Gasteiger partial charge is 0.454 e. The second-order valence-corrected chi connectivity index (χ2v) is 25.0. The highest BCUT2D eigenvalue weighted by Gasteiger charge is 2.40. The third-order valence-electron chi connectivity index (χ3n) is 14.9. The number of hydrogen-bond acceptors (Lipinski definition) is 16. The van der Waals surface area contributed by atoms with Gasteiger partial charge in [-0.05, 0) is 98.6 Å². The Balaban J connectivity index is 1.59. The van der Waals surface area contributed by atoms with Gasteiger partial charge in [-0.1, -0.05) is 129 Å². The topological polar surface area (TPSA) is 143 Å². The summed E-state index contributed by atoms with van der Waals surface area (Å²) in [6.07, 6.45) is -2.20. The van der Waals surface area contributed by atoms with Crippen molar-refractivity contribution in [1.82, 2.24) is 19.6 Å². The molecule has 0 saturated carbocycles. The first-order chi connectivity index (χ1) is 37.8. The number of cyclic esters (lactones) is 4. The minimum absolute atomic E-state index is 0.0103. The molecule has 0 spiro atoms. The molecule has 2 aromatic rings. The van der Waals surface area contributed by atoms with Gasteiger partial charge in [-0.3, -0.25) is 0 Å². The van der Waals surface area contributed by atoms with Crippen LogP contribution in [0.25, 0.3) is 0 Å². The van der Waals surface area contributed by atoms with Crippen molar-refractivity contribution in [2.45, 2.75) is 156 Å². The van der Waals surface area contributed by atoms with E-state index in [-0.39, 0.29) is 56.5 Å². The number of likely N-dealkylation sites (N-methyl/N-ethyl adjacent to an activating group) is 4. The summed E-state index contributed by atoms with van der Waals surface area (Å²) in [5.74, 6) is -2.29. The highest BCUT2D eigenvalue weighted by atomic mass is 32.1. The average Bonchev–Trinajstić information content (AvgIpc) is 3.44. The minimum atomic E-state index is -1.02. The first-order valence-electron chi connectivity index (χ1n) is 28.5. The monoisotopic (exact) mass is 1180 g/mol. The van der Waals surface area contributed by atoms with Crippen molar-refractivity contribution in [3.63, 3.8) is 0 Å². The van der Waals surface area contributed by atoms with E-state index in [4.69, 9.17) is 77.3 Å². The van der Waals surface area contributed by atoms with Crippen molar-refractivity contribution < 1.29 is 47.6 Å². The Morgan fingerprint density at radius 1 is 0.412 bits per heavy atom. The molecule has 80 heavy (non-hydrogen) atoms. The summed E-state index contributed by atoms with van der Waals surface area (Å²) in [4.78, 5) is 71.3. The quantitative estimate of drug-likeness (QED) is 0.101. The smallest absolute Gasteiger partial charge is 0.329 e. The predicted molar refractivity (Wildman–Crippen MR) is 332 cm³/mol. The standard InChI is InChI=1S/C60H90N6O10S4/c1-37(2)31-47-57(67)73-41(9)53(77)61(11)50(34-40(7)8)60(70)76-52(36-44-17-21-46(22-18-44)66-25-29-72-30-26-66)56(80)64(14)48(32-38(3)4)58(68)74-42(10)54(78)62(12)49(33-39(5)6)59(69)75-51(55(79)63(47)13)35-43-15-19-45(20-16-43)65-23-27-71-28-24-65/h15-22,37-42,47-52H,23-36H2,1-14H3/t41-,42-,47+,48+,49+,50+,51-,52-/m0/s1. The fraction of sp³-hybridized carbons (Fsp3) is 0.667. The summed E-state index contributed by atoms with van der Waals surface area (Å²) in [5, 5.41) is 0. The molecule has 8 atom stereocenters. The zero-order valence-electron chi connectivity index (χ0n) is 49.8. The molecule has 3 heterocycles. The van der Waals surface area contributed by atoms with E-state index < -0.39 is 72.5 Å². The lowest BCUT2D eigenvalue weighted by atomic mass is 10.00. The van der Waals surface area contributed by atoms with Crippen molar-refractivity contribution in [1.29, 1.82) is 0 Å². The summed E-state index contributed by atoms with van der Waals surface area (Å²) >= 11 is 24.7. The van der Waals surface area contributed by atoms with E-state index in [2.05, 4.69) is 9.80 Å². The fourth-order valence-corrected chi connectivity index (χ4v) is 11.1. The van der Waals surface area contributed by atoms with Crippen LogP contribution in [-0.2, 0) is 60.4 Å². The van der Waals surface area contributed by atoms with E-state index in [0.717, 1.165) is 48.7 Å². The fourth-order valence-electron chi connectivity index (χ4n) is 10.2. The Morgan fingerprint density at radius 2 is 0.662 bits per heavy atom. The Hall–Kier alpha value is -4.60. The number of rotatable bonds is 14. The van der Waals surface area contributed by atoms with E-state index in [9.17, 15) is 19.2 Å². The number of carbonyl (C=O) groups excluding carboxylic acids is 4. The van der Waals surface area contributed by atoms with Gasteiger partial charge in [-0.25, -0.2) is 19.2 Å². The van der Waals surface area contributed by atoms with Crippen LogP contribution in [0.15, 0.2) is 48.5 Å². The summed E-state index contributed by atoms with van der Waals surface area (Å²) in [6.45, 7) is 25.1. The maximum atomic E-state index is 14.9. The van der Waals surface area contributed by atoms with Gasteiger partial charge in [0, 0.05) is 78.6 Å². The van der Waals surface area contributed by atoms with Crippen LogP contribution in [0.2, 0.25) is 0 Å². The van der Waals surface area contributed by atoms with Crippen LogP contribution in [-0.4, -0.2) is 193 Å². The number of hydrogen-bond donors (Lipinski definition) is 0. The second-order valence-electron chi connectivity index (χ2n) is 23.3. The van der Waals surface area contributed by atoms with Crippen molar-refractivity contribution in [2.24, 2.45) is 23.7 Å². The molecule has 0 aliphatic carbocycles. The summed E-state index contributed by atoms with van der Waals surface area (Å²) < 4.78 is 36.9. The highest BCUT2D eigenvalue weighted by Crippen LogP contribution is 2.27. The van der Waals surface area contributed by atoms with Crippen LogP contribution in [0.3, 0.4) is 0 Å². The second kappa shape index (κ2) is 31.2. The van der Waals surface area contributed by atoms with Gasteiger partial charge in [0.15, 0.2) is 12.2 Å². The van der Waals surface area contributed by atoms with Gasteiger partial charge in [0.25, 0.3) is 0 Å². The molecule has 20 heteroatoms. The van der Waals surface area contributed by atoms with Crippen molar-refractivity contribution >= 4 is 104 Å². The third-order valence-corrected chi connectivity index (χ3v) is 17.3. The van der Waals surface area contributed by atoms with Crippen LogP contribution in [0, 0.1) is 23.7 Å². The third kappa shape index (κ3) is 18.7. The Kier molecular flexibility index (Phi) is 25.8. The minimum Gasteiger partial charge on any atom is -0.454 e. The van der Waals surface area contributed by atoms with Gasteiger partial charge < -0.3 is 57.8 Å². The first kappa shape index (κ1) is 66.2. The number of esters is 4. The molecule has 0 N–H and O–H groups in total. The number of anilines is 2. The molecule has 2 aromatic carbocycles. The maximum Gasteiger partial charge on any atom is 0.329 e. The molecule has 3 saturated heterocycles. The Bertz CT molecular complexity index is 2230. The summed E-state index contributed by atoms with van der Waals surface area (Å²) in [7, 11) is 6.86. The number of morpholine rings is 2. The number of nitrogens with zero attached hydrogens (tertiary/aromatic N) is 6. The summed E-state index contributed by atoms with van der Waals surface area (Å²) in [6, 6.07) is 12.5.